The summed E-state index contributed by atoms with van der Waals surface area (Å²) in [5.74, 6) is 0.577. The molecule has 4 aliphatic rings. The number of nitrogens with zero attached hydrogens (tertiary/aromatic N) is 4. The highest BCUT2D eigenvalue weighted by molar-refractivity contribution is 6.20. The van der Waals surface area contributed by atoms with E-state index < -0.39 is 11.8 Å². The number of furan rings is 4. The maximum Gasteiger partial charge on any atom is 0.256 e. The number of hydrogen-bond acceptors (Lipinski definition) is 4. The van der Waals surface area contributed by atoms with Crippen molar-refractivity contribution in [3.63, 3.8) is 0 Å². The smallest absolute Gasteiger partial charge is 0.256 e. The van der Waals surface area contributed by atoms with Gasteiger partial charge in [0, 0.05) is 91.6 Å². The first-order valence-corrected chi connectivity index (χ1v) is 44.9. The molecule has 4 aliphatic carbocycles. The minimum Gasteiger partial charge on any atom is -0.448 e. The molecule has 20 aromatic rings. The van der Waals surface area contributed by atoms with Crippen molar-refractivity contribution >= 4 is 131 Å². The Morgan fingerprint density at radius 1 is 0.230 bits per heavy atom. The monoisotopic (exact) mass is 1660 g/mol. The molecular formula is C118H124N4O4+4. The highest BCUT2D eigenvalue weighted by Gasteiger charge is 2.31. The van der Waals surface area contributed by atoms with Crippen molar-refractivity contribution in [2.45, 2.75) is 197 Å². The topological polar surface area (TPSA) is 68.1 Å². The molecule has 0 saturated heterocycles. The van der Waals surface area contributed by atoms with Crippen LogP contribution in [-0.2, 0) is 28.2 Å². The molecule has 126 heavy (non-hydrogen) atoms. The Labute approximate surface area is 746 Å². The van der Waals surface area contributed by atoms with Crippen molar-refractivity contribution in [1.82, 2.24) is 0 Å². The van der Waals surface area contributed by atoms with Gasteiger partial charge in [-0.3, -0.25) is 0 Å². The largest absolute Gasteiger partial charge is 0.448 e. The van der Waals surface area contributed by atoms with Crippen molar-refractivity contribution in [3.05, 3.63) is 312 Å². The van der Waals surface area contributed by atoms with Crippen molar-refractivity contribution < 1.29 is 38.7 Å². The first kappa shape index (κ1) is 83.1. The first-order chi connectivity index (χ1) is 60.5. The fourth-order valence-corrected chi connectivity index (χ4v) is 21.3. The number of benzene rings is 12. The van der Waals surface area contributed by atoms with Crippen LogP contribution in [0.2, 0.25) is 0 Å². The van der Waals surface area contributed by atoms with Crippen molar-refractivity contribution in [1.29, 1.82) is 0 Å². The van der Waals surface area contributed by atoms with Crippen LogP contribution in [0.1, 0.15) is 216 Å². The molecule has 8 aromatic heterocycles. The maximum atomic E-state index is 9.03. The molecule has 0 spiro atoms. The summed E-state index contributed by atoms with van der Waals surface area (Å²) in [6, 6.07) is 87.6. The van der Waals surface area contributed by atoms with Gasteiger partial charge in [-0.05, 0) is 217 Å². The third kappa shape index (κ3) is 15.4. The number of fused-ring (bicyclic) bond motifs is 20. The lowest BCUT2D eigenvalue weighted by Crippen LogP contribution is -2.30. The summed E-state index contributed by atoms with van der Waals surface area (Å²) < 4.78 is 53.1. The lowest BCUT2D eigenvalue weighted by molar-refractivity contribution is -0.659. The quantitative estimate of drug-likeness (QED) is 0.142. The van der Waals surface area contributed by atoms with Crippen LogP contribution in [0.3, 0.4) is 0 Å². The highest BCUT2D eigenvalue weighted by atomic mass is 16.3. The molecule has 0 N–H and O–H groups in total. The molecular weight excluding hydrogens is 1540 g/mol. The highest BCUT2D eigenvalue weighted by Crippen LogP contribution is 2.47. The zero-order valence-corrected chi connectivity index (χ0v) is 71.7. The van der Waals surface area contributed by atoms with Gasteiger partial charge < -0.3 is 17.7 Å². The maximum absolute atomic E-state index is 9.03. The van der Waals surface area contributed by atoms with E-state index in [1.807, 2.05) is 0 Å². The van der Waals surface area contributed by atoms with Gasteiger partial charge in [-0.25, -0.2) is 0 Å². The van der Waals surface area contributed by atoms with E-state index in [1.54, 1.807) is 0 Å². The summed E-state index contributed by atoms with van der Waals surface area (Å²) in [5.41, 5.74) is 27.2. The molecule has 0 radical (unpaired) electrons. The Hall–Kier alpha value is -12.5. The molecule has 0 unspecified atom stereocenters. The lowest BCUT2D eigenvalue weighted by Gasteiger charge is -2.22. The van der Waals surface area contributed by atoms with Gasteiger partial charge in [0.1, 0.15) is 50.5 Å². The van der Waals surface area contributed by atoms with E-state index in [-0.39, 0.29) is 29.7 Å². The van der Waals surface area contributed by atoms with Gasteiger partial charge in [-0.2, -0.15) is 18.3 Å². The van der Waals surface area contributed by atoms with Gasteiger partial charge in [0.2, 0.25) is 22.3 Å². The zero-order valence-electron chi connectivity index (χ0n) is 73.7. The van der Waals surface area contributed by atoms with E-state index >= 15 is 0 Å². The first-order valence-electron chi connectivity index (χ1n) is 45.9. The van der Waals surface area contributed by atoms with Crippen LogP contribution in [0.5, 0.6) is 0 Å². The molecule has 8 heteroatoms. The minimum absolute atomic E-state index is 0. The molecule has 0 amide bonds. The van der Waals surface area contributed by atoms with E-state index in [9.17, 15) is 0 Å². The second-order valence-electron chi connectivity index (χ2n) is 35.6. The van der Waals surface area contributed by atoms with Crippen LogP contribution in [0.15, 0.2) is 285 Å². The number of pyridine rings is 4. The summed E-state index contributed by atoms with van der Waals surface area (Å²) in [5, 5.41) is 18.9. The molecule has 4 saturated carbocycles. The molecule has 0 bridgehead atoms. The van der Waals surface area contributed by atoms with Crippen LogP contribution < -0.4 is 18.3 Å². The summed E-state index contributed by atoms with van der Waals surface area (Å²) in [6.07, 6.45) is 30.4. The summed E-state index contributed by atoms with van der Waals surface area (Å²) in [6.45, 7) is 8.62. The number of hydrogen-bond donors (Lipinski definition) is 0. The Kier molecular flexibility index (Phi) is 23.6. The molecule has 0 atom stereocenters. The Bertz CT molecular complexity index is 7620. The number of aromatic nitrogens is 4. The van der Waals surface area contributed by atoms with Crippen LogP contribution >= 0.6 is 0 Å². The predicted molar refractivity (Wildman–Crippen MR) is 531 cm³/mol. The molecule has 8 heterocycles. The van der Waals surface area contributed by atoms with Gasteiger partial charge in [0.05, 0.1) is 22.3 Å². The van der Waals surface area contributed by atoms with Crippen LogP contribution in [0.25, 0.3) is 176 Å². The van der Waals surface area contributed by atoms with Gasteiger partial charge in [0.15, 0.2) is 24.8 Å². The third-order valence-corrected chi connectivity index (χ3v) is 28.0. The van der Waals surface area contributed by atoms with Gasteiger partial charge in [0.25, 0.3) is 22.8 Å². The number of aryl methyl sites for hydroxylation is 8. The molecule has 24 rings (SSSR count). The van der Waals surface area contributed by atoms with Crippen molar-refractivity contribution in [2.75, 3.05) is 0 Å². The third-order valence-electron chi connectivity index (χ3n) is 28.0. The molecule has 8 nitrogen and oxygen atoms in total. The Morgan fingerprint density at radius 2 is 0.444 bits per heavy atom. The normalized spacial score (nSPS) is 15.4. The average molecular weight is 1660 g/mol. The standard InChI is InChI=1S/2C29H28NO.2C28H26NO.4CH4/c2*1-19-8-6-7-11-23(19)27-29-26(16-17-30(27)2)25-15-13-22-18-21(20-9-4-3-5-10-20)12-14-24(22)28(25)31-29;2*1-18-7-3-6-10-22(18)26-28-25(15-16-29(26)2)24-14-12-21-17-20(19-8-4-5-9-19)11-13-23(21)27(24)30-28;;;;/h2*6-8,11-18,20H,3-5,9-10H2,1-2H3;2*3,6-7,10-17,19H,4-5,8-9H2,1-2H3;4*1H4/q4*+1;;;;/i20D;;19D;;;;;. The summed E-state index contributed by atoms with van der Waals surface area (Å²) in [4.78, 5) is 0. The van der Waals surface area contributed by atoms with Crippen LogP contribution in [0, 0.1) is 27.7 Å². The van der Waals surface area contributed by atoms with Gasteiger partial charge >= 0.3 is 0 Å². The Balaban J connectivity index is 0.000000119. The van der Waals surface area contributed by atoms with E-state index in [2.05, 4.69) is 342 Å². The van der Waals surface area contributed by atoms with Crippen LogP contribution in [-0.4, -0.2) is 0 Å². The second-order valence-corrected chi connectivity index (χ2v) is 35.6. The van der Waals surface area contributed by atoms with Gasteiger partial charge in [-0.15, -0.1) is 0 Å². The molecule has 636 valence electrons. The fourth-order valence-electron chi connectivity index (χ4n) is 21.3. The van der Waals surface area contributed by atoms with E-state index in [0.29, 0.717) is 0 Å². The Morgan fingerprint density at radius 3 is 0.714 bits per heavy atom. The SMILES string of the molecule is C.C.C.C.Cc1ccccc1-c1c2oc3c4ccc(C5CCCC5)cc4ccc3c2cc[n+]1C.Cc1ccccc1-c1c2oc3c4ccc(C5CCCCC5)cc4ccc3c2cc[n+]1C.[2H]C1(c2ccc3c(ccc4c5cc[n+](C)c(-c6ccccc6C)c5oc34)c2)CCCC1.[2H]C1(c2ccc3c(ccc4c5cc[n+](C)c(-c6ccccc6C)c5oc34)c2)CCCCC1. The average Bonchev–Trinajstić information content (AvgIpc) is 1.58. The number of rotatable bonds is 8. The molecule has 4 fully saturated rings. The zero-order chi connectivity index (χ0) is 84.2. The van der Waals surface area contributed by atoms with Crippen molar-refractivity contribution in [2.24, 2.45) is 28.2 Å². The fraction of sp³-hybridized carbons (Fsp3) is 0.288. The second kappa shape index (κ2) is 35.8. The summed E-state index contributed by atoms with van der Waals surface area (Å²) in [7, 11) is 8.36. The molecule has 12 aromatic carbocycles. The van der Waals surface area contributed by atoms with Gasteiger partial charge in [-0.1, -0.05) is 264 Å². The van der Waals surface area contributed by atoms with Crippen molar-refractivity contribution in [3.8, 4) is 45.0 Å². The summed E-state index contributed by atoms with van der Waals surface area (Å²) >= 11 is 0. The minimum atomic E-state index is -0.443. The molecule has 0 aliphatic heterocycles. The van der Waals surface area contributed by atoms with E-state index in [4.69, 9.17) is 20.4 Å². The van der Waals surface area contributed by atoms with E-state index in [0.717, 1.165) is 185 Å². The predicted octanol–water partition coefficient (Wildman–Crippen LogP) is 32.1. The van der Waals surface area contributed by atoms with E-state index in [1.165, 1.54) is 163 Å². The van der Waals surface area contributed by atoms with Crippen LogP contribution in [0.4, 0.5) is 0 Å². The lowest BCUT2D eigenvalue weighted by atomic mass is 9.83.